The third kappa shape index (κ3) is 6.01. The summed E-state index contributed by atoms with van der Waals surface area (Å²) in [7, 11) is 0. The van der Waals surface area contributed by atoms with Gasteiger partial charge < -0.3 is 10.4 Å². The van der Waals surface area contributed by atoms with Gasteiger partial charge in [0, 0.05) is 6.04 Å². The summed E-state index contributed by atoms with van der Waals surface area (Å²) in [5.41, 5.74) is 2.33. The van der Waals surface area contributed by atoms with Crippen LogP contribution in [0, 0.1) is 0 Å². The molecule has 122 valence electrons. The van der Waals surface area contributed by atoms with Crippen LogP contribution < -0.4 is 5.32 Å². The molecule has 0 heterocycles. The second kappa shape index (κ2) is 9.98. The number of aliphatic hydroxyl groups excluding tert-OH is 1. The zero-order valence-electron chi connectivity index (χ0n) is 13.9. The van der Waals surface area contributed by atoms with Crippen LogP contribution >= 0.6 is 0 Å². The third-order valence-electron chi connectivity index (χ3n) is 3.99. The molecule has 0 spiro atoms. The van der Waals surface area contributed by atoms with E-state index in [4.69, 9.17) is 0 Å². The molecule has 0 saturated heterocycles. The Kier molecular flexibility index (Phi) is 7.58. The molecule has 2 nitrogen and oxygen atoms in total. The van der Waals surface area contributed by atoms with E-state index < -0.39 is 0 Å². The number of hydrogen-bond acceptors (Lipinski definition) is 2. The van der Waals surface area contributed by atoms with Gasteiger partial charge in [-0.25, -0.2) is 0 Å². The molecule has 0 aliphatic heterocycles. The lowest BCUT2D eigenvalue weighted by atomic mass is 10.0. The van der Waals surface area contributed by atoms with Crippen molar-refractivity contribution in [2.75, 3.05) is 6.61 Å². The van der Waals surface area contributed by atoms with Gasteiger partial charge >= 0.3 is 0 Å². The Bertz CT molecular complexity index is 565. The number of benzene rings is 2. The van der Waals surface area contributed by atoms with Crippen LogP contribution in [0.1, 0.15) is 43.4 Å². The summed E-state index contributed by atoms with van der Waals surface area (Å²) < 4.78 is 0. The highest BCUT2D eigenvalue weighted by Gasteiger charge is 2.14. The monoisotopic (exact) mass is 309 g/mol. The maximum Gasteiger partial charge on any atom is 0.0626 e. The zero-order valence-corrected chi connectivity index (χ0v) is 13.9. The molecule has 0 amide bonds. The van der Waals surface area contributed by atoms with E-state index in [-0.39, 0.29) is 18.7 Å². The standard InChI is InChI=1S/C21H27NO/c1-2-3-14-20(16-15-18-10-6-4-7-11-18)22-21(17-23)19-12-8-5-9-13-19/h4-13,15-16,20-23H,2-3,14,17H2,1H3/b16-15+/t20-,21+/m1/s1. The van der Waals surface area contributed by atoms with Crippen molar-refractivity contribution in [3.8, 4) is 0 Å². The number of unbranched alkanes of at least 4 members (excludes halogenated alkanes) is 1. The molecule has 0 aliphatic carbocycles. The lowest BCUT2D eigenvalue weighted by Gasteiger charge is -2.23. The highest BCUT2D eigenvalue weighted by molar-refractivity contribution is 5.49. The predicted molar refractivity (Wildman–Crippen MR) is 98.2 cm³/mol. The van der Waals surface area contributed by atoms with Crippen LogP contribution in [-0.2, 0) is 0 Å². The number of aliphatic hydroxyl groups is 1. The van der Waals surface area contributed by atoms with Gasteiger partial charge in [-0.3, -0.25) is 0 Å². The largest absolute Gasteiger partial charge is 0.394 e. The van der Waals surface area contributed by atoms with Crippen molar-refractivity contribution in [3.05, 3.63) is 77.9 Å². The Morgan fingerprint density at radius 3 is 2.26 bits per heavy atom. The van der Waals surface area contributed by atoms with Gasteiger partial charge in [-0.2, -0.15) is 0 Å². The average Bonchev–Trinajstić information content (AvgIpc) is 2.63. The van der Waals surface area contributed by atoms with Gasteiger partial charge in [-0.1, -0.05) is 92.6 Å². The van der Waals surface area contributed by atoms with Crippen molar-refractivity contribution >= 4 is 6.08 Å². The van der Waals surface area contributed by atoms with E-state index in [1.54, 1.807) is 0 Å². The summed E-state index contributed by atoms with van der Waals surface area (Å²) in [4.78, 5) is 0. The fraction of sp³-hybridized carbons (Fsp3) is 0.333. The van der Waals surface area contributed by atoms with Crippen LogP contribution in [-0.4, -0.2) is 17.8 Å². The first-order valence-corrected chi connectivity index (χ1v) is 8.48. The Balaban J connectivity index is 2.06. The van der Waals surface area contributed by atoms with Crippen molar-refractivity contribution in [2.45, 2.75) is 38.3 Å². The van der Waals surface area contributed by atoms with E-state index in [0.717, 1.165) is 12.0 Å². The van der Waals surface area contributed by atoms with E-state index in [1.807, 2.05) is 24.3 Å². The van der Waals surface area contributed by atoms with Crippen molar-refractivity contribution in [1.29, 1.82) is 0 Å². The average molecular weight is 309 g/mol. The summed E-state index contributed by atoms with van der Waals surface area (Å²) in [5, 5.41) is 13.3. The van der Waals surface area contributed by atoms with Crippen molar-refractivity contribution in [1.82, 2.24) is 5.32 Å². The van der Waals surface area contributed by atoms with Crippen LogP contribution in [0.15, 0.2) is 66.7 Å². The van der Waals surface area contributed by atoms with Crippen LogP contribution in [0.25, 0.3) is 6.08 Å². The smallest absolute Gasteiger partial charge is 0.0626 e. The predicted octanol–water partition coefficient (Wildman–Crippen LogP) is 4.58. The highest BCUT2D eigenvalue weighted by atomic mass is 16.3. The highest BCUT2D eigenvalue weighted by Crippen LogP contribution is 2.15. The van der Waals surface area contributed by atoms with E-state index in [1.165, 1.54) is 18.4 Å². The Hall–Kier alpha value is -1.90. The summed E-state index contributed by atoms with van der Waals surface area (Å²) in [5.74, 6) is 0. The van der Waals surface area contributed by atoms with Crippen LogP contribution in [0.4, 0.5) is 0 Å². The minimum atomic E-state index is -0.0292. The maximum absolute atomic E-state index is 9.75. The Labute approximate surface area is 139 Å². The molecule has 0 saturated carbocycles. The molecule has 0 aliphatic rings. The van der Waals surface area contributed by atoms with Crippen LogP contribution in [0.2, 0.25) is 0 Å². The summed E-state index contributed by atoms with van der Waals surface area (Å²) in [6, 6.07) is 20.7. The van der Waals surface area contributed by atoms with Gasteiger partial charge in [-0.15, -0.1) is 0 Å². The molecule has 0 aromatic heterocycles. The van der Waals surface area contributed by atoms with Crippen molar-refractivity contribution in [3.63, 3.8) is 0 Å². The summed E-state index contributed by atoms with van der Waals surface area (Å²) >= 11 is 0. The van der Waals surface area contributed by atoms with Gasteiger partial charge in [-0.05, 0) is 17.5 Å². The second-order valence-corrected chi connectivity index (χ2v) is 5.83. The second-order valence-electron chi connectivity index (χ2n) is 5.83. The number of hydrogen-bond donors (Lipinski definition) is 2. The maximum atomic E-state index is 9.75. The topological polar surface area (TPSA) is 32.3 Å². The first-order chi connectivity index (χ1) is 11.3. The SMILES string of the molecule is CCCC[C@H](/C=C/c1ccccc1)N[C@@H](CO)c1ccccc1. The van der Waals surface area contributed by atoms with E-state index in [9.17, 15) is 5.11 Å². The molecule has 0 bridgehead atoms. The number of nitrogens with one attached hydrogen (secondary N) is 1. The first-order valence-electron chi connectivity index (χ1n) is 8.48. The lowest BCUT2D eigenvalue weighted by molar-refractivity contribution is 0.236. The fourth-order valence-electron chi connectivity index (χ4n) is 2.65. The molecular formula is C21H27NO. The van der Waals surface area contributed by atoms with E-state index in [2.05, 4.69) is 60.8 Å². The fourth-order valence-corrected chi connectivity index (χ4v) is 2.65. The van der Waals surface area contributed by atoms with Crippen LogP contribution in [0.5, 0.6) is 0 Å². The molecule has 2 atom stereocenters. The van der Waals surface area contributed by atoms with E-state index >= 15 is 0 Å². The van der Waals surface area contributed by atoms with Gasteiger partial charge in [0.1, 0.15) is 0 Å². The normalized spacial score (nSPS) is 14.0. The van der Waals surface area contributed by atoms with Crippen molar-refractivity contribution < 1.29 is 5.11 Å². The van der Waals surface area contributed by atoms with Gasteiger partial charge in [0.05, 0.1) is 12.6 Å². The molecule has 2 heteroatoms. The molecule has 0 radical (unpaired) electrons. The van der Waals surface area contributed by atoms with E-state index in [0.29, 0.717) is 0 Å². The third-order valence-corrected chi connectivity index (χ3v) is 3.99. The molecule has 2 aromatic carbocycles. The van der Waals surface area contributed by atoms with Crippen LogP contribution in [0.3, 0.4) is 0 Å². The molecule has 2 rings (SSSR count). The Morgan fingerprint density at radius 2 is 1.65 bits per heavy atom. The molecular weight excluding hydrogens is 282 g/mol. The first kappa shape index (κ1) is 17.5. The Morgan fingerprint density at radius 1 is 1.00 bits per heavy atom. The molecule has 0 unspecified atom stereocenters. The summed E-state index contributed by atoms with van der Waals surface area (Å²) in [6.07, 6.45) is 7.79. The van der Waals surface area contributed by atoms with Gasteiger partial charge in [0.15, 0.2) is 0 Å². The zero-order chi connectivity index (χ0) is 16.3. The lowest BCUT2D eigenvalue weighted by Crippen LogP contribution is -2.33. The minimum Gasteiger partial charge on any atom is -0.394 e. The molecule has 23 heavy (non-hydrogen) atoms. The quantitative estimate of drug-likeness (QED) is 0.710. The molecule has 0 fully saturated rings. The van der Waals surface area contributed by atoms with Gasteiger partial charge in [0.2, 0.25) is 0 Å². The van der Waals surface area contributed by atoms with Crippen molar-refractivity contribution in [2.24, 2.45) is 0 Å². The minimum absolute atomic E-state index is 0.0292. The number of rotatable bonds is 9. The summed E-state index contributed by atoms with van der Waals surface area (Å²) in [6.45, 7) is 2.31. The molecule has 2 aromatic rings. The molecule has 2 N–H and O–H groups in total. The van der Waals surface area contributed by atoms with Gasteiger partial charge in [0.25, 0.3) is 0 Å².